The van der Waals surface area contributed by atoms with Gasteiger partial charge in [0.25, 0.3) is 0 Å². The number of Topliss-reactive ketones (excluding diaryl/α,β-unsaturated/α-hetero) is 1. The Kier molecular flexibility index (Phi) is 2.84. The minimum atomic E-state index is -1.06. The Labute approximate surface area is 94.3 Å². The Morgan fingerprint density at radius 1 is 1.50 bits per heavy atom. The molecule has 1 atom stereocenters. The van der Waals surface area contributed by atoms with E-state index in [4.69, 9.17) is 4.74 Å². The van der Waals surface area contributed by atoms with Crippen LogP contribution >= 0.6 is 0 Å². The van der Waals surface area contributed by atoms with E-state index in [1.807, 2.05) is 0 Å². The van der Waals surface area contributed by atoms with Gasteiger partial charge in [-0.15, -0.1) is 0 Å². The van der Waals surface area contributed by atoms with Crippen molar-refractivity contribution in [1.82, 2.24) is 0 Å². The molecule has 4 nitrogen and oxygen atoms in total. The fourth-order valence-corrected chi connectivity index (χ4v) is 2.62. The molecule has 0 aromatic carbocycles. The summed E-state index contributed by atoms with van der Waals surface area (Å²) in [5.41, 5.74) is -0.330. The van der Waals surface area contributed by atoms with Crippen LogP contribution in [0.2, 0.25) is 0 Å². The molecule has 1 unspecified atom stereocenters. The van der Waals surface area contributed by atoms with Crippen molar-refractivity contribution in [3.05, 3.63) is 11.1 Å². The lowest BCUT2D eigenvalue weighted by atomic mass is 9.81. The number of esters is 1. The number of hydrogen-bond donors (Lipinski definition) is 1. The van der Waals surface area contributed by atoms with Crippen molar-refractivity contribution in [2.24, 2.45) is 0 Å². The number of carbonyl (C=O) groups excluding carboxylic acids is 2. The van der Waals surface area contributed by atoms with Crippen molar-refractivity contribution in [3.63, 3.8) is 0 Å². The van der Waals surface area contributed by atoms with Crippen LogP contribution in [0.4, 0.5) is 0 Å². The molecule has 16 heavy (non-hydrogen) atoms. The van der Waals surface area contributed by atoms with Gasteiger partial charge in [0.2, 0.25) is 0 Å². The molecule has 0 aromatic rings. The van der Waals surface area contributed by atoms with Crippen LogP contribution in [0.15, 0.2) is 11.1 Å². The van der Waals surface area contributed by atoms with Gasteiger partial charge in [0.05, 0.1) is 12.2 Å². The first-order valence-corrected chi connectivity index (χ1v) is 5.75. The highest BCUT2D eigenvalue weighted by Gasteiger charge is 2.47. The quantitative estimate of drug-likeness (QED) is 0.564. The fourth-order valence-electron chi connectivity index (χ4n) is 2.62. The highest BCUT2D eigenvalue weighted by molar-refractivity contribution is 6.20. The van der Waals surface area contributed by atoms with E-state index in [1.54, 1.807) is 6.92 Å². The van der Waals surface area contributed by atoms with E-state index in [0.717, 1.165) is 12.8 Å². The van der Waals surface area contributed by atoms with Gasteiger partial charge in [0, 0.05) is 6.42 Å². The lowest BCUT2D eigenvalue weighted by Gasteiger charge is -2.30. The van der Waals surface area contributed by atoms with Crippen LogP contribution in [0.3, 0.4) is 0 Å². The van der Waals surface area contributed by atoms with Gasteiger partial charge in [-0.2, -0.15) is 0 Å². The van der Waals surface area contributed by atoms with Gasteiger partial charge in [-0.05, 0) is 38.2 Å². The first-order valence-electron chi connectivity index (χ1n) is 5.75. The second-order valence-electron chi connectivity index (χ2n) is 4.41. The third-order valence-electron chi connectivity index (χ3n) is 3.34. The van der Waals surface area contributed by atoms with Crippen LogP contribution in [-0.4, -0.2) is 29.1 Å². The van der Waals surface area contributed by atoms with Crippen molar-refractivity contribution in [2.75, 3.05) is 6.61 Å². The van der Waals surface area contributed by atoms with Crippen LogP contribution in [0.1, 0.15) is 39.0 Å². The molecular weight excluding hydrogens is 208 g/mol. The standard InChI is InChI=1S/C12H16O4/c1-2-16-11(14)10-8-5-3-4-6-12(8,15)7-9(10)13/h15H,2-7H2,1H3. The van der Waals surface area contributed by atoms with Gasteiger partial charge in [0.1, 0.15) is 5.57 Å². The lowest BCUT2D eigenvalue weighted by molar-refractivity contribution is -0.139. The molecule has 0 aliphatic heterocycles. The molecule has 88 valence electrons. The molecule has 0 spiro atoms. The Morgan fingerprint density at radius 3 is 2.94 bits per heavy atom. The van der Waals surface area contributed by atoms with Crippen molar-refractivity contribution in [3.8, 4) is 0 Å². The summed E-state index contributed by atoms with van der Waals surface area (Å²) in [4.78, 5) is 23.4. The molecule has 1 N–H and O–H groups in total. The van der Waals surface area contributed by atoms with Crippen molar-refractivity contribution in [2.45, 2.75) is 44.6 Å². The monoisotopic (exact) mass is 224 g/mol. The maximum Gasteiger partial charge on any atom is 0.341 e. The molecule has 0 radical (unpaired) electrons. The Balaban J connectivity index is 2.36. The van der Waals surface area contributed by atoms with E-state index in [2.05, 4.69) is 0 Å². The average Bonchev–Trinajstić information content (AvgIpc) is 2.48. The van der Waals surface area contributed by atoms with Crippen molar-refractivity contribution in [1.29, 1.82) is 0 Å². The minimum Gasteiger partial charge on any atom is -0.462 e. The highest BCUT2D eigenvalue weighted by atomic mass is 16.5. The molecule has 1 fully saturated rings. The van der Waals surface area contributed by atoms with Gasteiger partial charge in [-0.3, -0.25) is 4.79 Å². The Morgan fingerprint density at radius 2 is 2.25 bits per heavy atom. The highest BCUT2D eigenvalue weighted by Crippen LogP contribution is 2.43. The van der Waals surface area contributed by atoms with E-state index in [0.29, 0.717) is 18.4 Å². The van der Waals surface area contributed by atoms with Gasteiger partial charge in [-0.1, -0.05) is 0 Å². The van der Waals surface area contributed by atoms with Crippen LogP contribution in [0.5, 0.6) is 0 Å². The third-order valence-corrected chi connectivity index (χ3v) is 3.34. The summed E-state index contributed by atoms with van der Waals surface area (Å²) in [6, 6.07) is 0. The molecule has 0 bridgehead atoms. The molecule has 1 saturated carbocycles. The molecule has 0 amide bonds. The maximum atomic E-state index is 11.7. The molecule has 0 saturated heterocycles. The molecule has 2 aliphatic carbocycles. The SMILES string of the molecule is CCOC(=O)C1=C2CCCCC2(O)CC1=O. The number of aliphatic hydroxyl groups is 1. The van der Waals surface area contributed by atoms with E-state index in [1.165, 1.54) is 0 Å². The van der Waals surface area contributed by atoms with Crippen LogP contribution in [0, 0.1) is 0 Å². The summed E-state index contributed by atoms with van der Waals surface area (Å²) in [5.74, 6) is -0.835. The number of ketones is 1. The summed E-state index contributed by atoms with van der Waals surface area (Å²) >= 11 is 0. The van der Waals surface area contributed by atoms with Crippen LogP contribution in [-0.2, 0) is 14.3 Å². The van der Waals surface area contributed by atoms with E-state index in [-0.39, 0.29) is 24.4 Å². The number of carbonyl (C=O) groups is 2. The van der Waals surface area contributed by atoms with Crippen molar-refractivity contribution >= 4 is 11.8 Å². The zero-order valence-electron chi connectivity index (χ0n) is 9.41. The molecule has 2 rings (SSSR count). The number of hydrogen-bond acceptors (Lipinski definition) is 4. The number of rotatable bonds is 2. The predicted octanol–water partition coefficient (Wildman–Crippen LogP) is 1.12. The van der Waals surface area contributed by atoms with Crippen molar-refractivity contribution < 1.29 is 19.4 Å². The van der Waals surface area contributed by atoms with Gasteiger partial charge >= 0.3 is 5.97 Å². The summed E-state index contributed by atoms with van der Waals surface area (Å²) in [7, 11) is 0. The molecule has 0 heterocycles. The fraction of sp³-hybridized carbons (Fsp3) is 0.667. The first kappa shape index (κ1) is 11.3. The number of fused-ring (bicyclic) bond motifs is 1. The normalized spacial score (nSPS) is 29.2. The molecule has 4 heteroatoms. The predicted molar refractivity (Wildman–Crippen MR) is 56.7 cm³/mol. The second kappa shape index (κ2) is 4.01. The summed E-state index contributed by atoms with van der Waals surface area (Å²) in [6.07, 6.45) is 3.10. The lowest BCUT2D eigenvalue weighted by Crippen LogP contribution is -2.31. The third kappa shape index (κ3) is 1.67. The van der Waals surface area contributed by atoms with Gasteiger partial charge in [0.15, 0.2) is 5.78 Å². The maximum absolute atomic E-state index is 11.7. The van der Waals surface area contributed by atoms with E-state index < -0.39 is 11.6 Å². The number of ether oxygens (including phenoxy) is 1. The molecule has 2 aliphatic rings. The van der Waals surface area contributed by atoms with E-state index >= 15 is 0 Å². The van der Waals surface area contributed by atoms with Gasteiger partial charge < -0.3 is 9.84 Å². The molecular formula is C12H16O4. The minimum absolute atomic E-state index is 0.0521. The average molecular weight is 224 g/mol. The first-order chi connectivity index (χ1) is 7.58. The van der Waals surface area contributed by atoms with E-state index in [9.17, 15) is 14.7 Å². The summed E-state index contributed by atoms with van der Waals surface area (Å²) in [6.45, 7) is 1.96. The summed E-state index contributed by atoms with van der Waals surface area (Å²) < 4.78 is 4.86. The smallest absolute Gasteiger partial charge is 0.341 e. The largest absolute Gasteiger partial charge is 0.462 e. The molecule has 0 aromatic heterocycles. The van der Waals surface area contributed by atoms with Crippen LogP contribution in [0.25, 0.3) is 0 Å². The topological polar surface area (TPSA) is 63.6 Å². The Hall–Kier alpha value is -1.16. The second-order valence-corrected chi connectivity index (χ2v) is 4.41. The zero-order chi connectivity index (χ0) is 11.8. The summed E-state index contributed by atoms with van der Waals surface area (Å²) in [5, 5.41) is 10.3. The Bertz CT molecular complexity index is 369. The zero-order valence-corrected chi connectivity index (χ0v) is 9.41. The van der Waals surface area contributed by atoms with Gasteiger partial charge in [-0.25, -0.2) is 4.79 Å². The van der Waals surface area contributed by atoms with Crippen LogP contribution < -0.4 is 0 Å².